The Morgan fingerprint density at radius 1 is 1.06 bits per heavy atom. The molecule has 2 aliphatic carbocycles. The van der Waals surface area contributed by atoms with Crippen molar-refractivity contribution in [1.29, 1.82) is 0 Å². The molecule has 1 aliphatic heterocycles. The molecule has 4 atom stereocenters. The summed E-state index contributed by atoms with van der Waals surface area (Å²) >= 11 is 6.61. The van der Waals surface area contributed by atoms with Crippen molar-refractivity contribution in [2.45, 2.75) is 61.9 Å². The molecule has 0 bridgehead atoms. The van der Waals surface area contributed by atoms with Crippen molar-refractivity contribution >= 4 is 33.2 Å². The lowest BCUT2D eigenvalue weighted by Gasteiger charge is -2.37. The van der Waals surface area contributed by atoms with Gasteiger partial charge in [-0.05, 0) is 79.0 Å². The van der Waals surface area contributed by atoms with Crippen LogP contribution in [-0.4, -0.2) is 32.0 Å². The standard InChI is InChI=1S/C26H27ClO5S/c1-15-11-21(17-6-4-8-19(12-17)33(2,30)31)22(27)13-20(15)23-24(28)26(32-25(23)29)10-9-16-5-3-7-18(16)14-26/h4,6,8,11-13,16,18,23H,3,5,7,9-10,14H2,1-2H3. The Morgan fingerprint density at radius 3 is 2.58 bits per heavy atom. The number of ether oxygens (including phenoxy) is 1. The number of esters is 1. The van der Waals surface area contributed by atoms with Gasteiger partial charge in [-0.1, -0.05) is 43.0 Å². The smallest absolute Gasteiger partial charge is 0.322 e. The van der Waals surface area contributed by atoms with Crippen LogP contribution in [-0.2, 0) is 24.2 Å². The van der Waals surface area contributed by atoms with Crippen molar-refractivity contribution in [3.8, 4) is 11.1 Å². The third kappa shape index (κ3) is 3.81. The normalized spacial score (nSPS) is 29.4. The summed E-state index contributed by atoms with van der Waals surface area (Å²) in [6.07, 6.45) is 6.85. The molecule has 3 aliphatic rings. The zero-order valence-corrected chi connectivity index (χ0v) is 20.3. The summed E-state index contributed by atoms with van der Waals surface area (Å²) in [5, 5.41) is 0.363. The van der Waals surface area contributed by atoms with Crippen molar-refractivity contribution in [3.05, 3.63) is 52.5 Å². The molecule has 3 fully saturated rings. The van der Waals surface area contributed by atoms with Crippen molar-refractivity contribution in [2.24, 2.45) is 11.8 Å². The van der Waals surface area contributed by atoms with Gasteiger partial charge in [0.1, 0.15) is 5.92 Å². The van der Waals surface area contributed by atoms with Gasteiger partial charge in [0.15, 0.2) is 21.2 Å². The molecule has 2 saturated carbocycles. The molecule has 7 heteroatoms. The Bertz CT molecular complexity index is 1270. The van der Waals surface area contributed by atoms with Crippen molar-refractivity contribution in [1.82, 2.24) is 0 Å². The molecular weight excluding hydrogens is 460 g/mol. The van der Waals surface area contributed by atoms with Crippen LogP contribution in [0.1, 0.15) is 55.6 Å². The monoisotopic (exact) mass is 486 g/mol. The lowest BCUT2D eigenvalue weighted by molar-refractivity contribution is -0.157. The summed E-state index contributed by atoms with van der Waals surface area (Å²) in [6.45, 7) is 1.84. The number of carbonyl (C=O) groups excluding carboxylic acids is 2. The van der Waals surface area contributed by atoms with Crippen LogP contribution in [0.5, 0.6) is 0 Å². The average Bonchev–Trinajstić information content (AvgIpc) is 3.31. The second-order valence-corrected chi connectivity index (χ2v) is 12.3. The average molecular weight is 487 g/mol. The Labute approximate surface area is 199 Å². The van der Waals surface area contributed by atoms with Gasteiger partial charge >= 0.3 is 5.97 Å². The van der Waals surface area contributed by atoms with E-state index in [9.17, 15) is 18.0 Å². The molecule has 33 heavy (non-hydrogen) atoms. The summed E-state index contributed by atoms with van der Waals surface area (Å²) in [5.74, 6) is -0.467. The number of aryl methyl sites for hydroxylation is 1. The minimum atomic E-state index is -3.36. The Kier molecular flexibility index (Phi) is 5.44. The van der Waals surface area contributed by atoms with Gasteiger partial charge in [0.05, 0.1) is 4.90 Å². The van der Waals surface area contributed by atoms with E-state index in [-0.39, 0.29) is 10.7 Å². The minimum absolute atomic E-state index is 0.135. The molecule has 0 radical (unpaired) electrons. The summed E-state index contributed by atoms with van der Waals surface area (Å²) in [6, 6.07) is 10.1. The van der Waals surface area contributed by atoms with Gasteiger partial charge in [0.2, 0.25) is 0 Å². The molecule has 5 rings (SSSR count). The Hall–Kier alpha value is -2.18. The zero-order valence-electron chi connectivity index (χ0n) is 18.8. The number of hydrogen-bond acceptors (Lipinski definition) is 5. The highest BCUT2D eigenvalue weighted by molar-refractivity contribution is 7.90. The van der Waals surface area contributed by atoms with E-state index in [0.29, 0.717) is 46.4 Å². The second kappa shape index (κ2) is 7.95. The van der Waals surface area contributed by atoms with Gasteiger partial charge in [0, 0.05) is 16.8 Å². The Balaban J connectivity index is 1.49. The number of carbonyl (C=O) groups is 2. The third-order valence-electron chi connectivity index (χ3n) is 7.81. The third-order valence-corrected chi connectivity index (χ3v) is 9.23. The van der Waals surface area contributed by atoms with E-state index in [0.717, 1.165) is 24.7 Å². The number of halogens is 1. The summed E-state index contributed by atoms with van der Waals surface area (Å²) < 4.78 is 29.8. The van der Waals surface area contributed by atoms with Crippen LogP contribution in [0, 0.1) is 18.8 Å². The Morgan fingerprint density at radius 2 is 1.82 bits per heavy atom. The summed E-state index contributed by atoms with van der Waals surface area (Å²) in [4.78, 5) is 26.8. The fraction of sp³-hybridized carbons (Fsp3) is 0.462. The number of ketones is 1. The first-order valence-corrected chi connectivity index (χ1v) is 13.7. The van der Waals surface area contributed by atoms with Gasteiger partial charge in [0.25, 0.3) is 0 Å². The highest BCUT2D eigenvalue weighted by Crippen LogP contribution is 2.52. The van der Waals surface area contributed by atoms with Gasteiger partial charge in [-0.25, -0.2) is 8.42 Å². The van der Waals surface area contributed by atoms with Crippen molar-refractivity contribution in [2.75, 3.05) is 6.26 Å². The van der Waals surface area contributed by atoms with E-state index < -0.39 is 27.3 Å². The van der Waals surface area contributed by atoms with Crippen LogP contribution >= 0.6 is 11.6 Å². The summed E-state index contributed by atoms with van der Waals surface area (Å²) in [7, 11) is -3.36. The van der Waals surface area contributed by atoms with Crippen LogP contribution in [0.25, 0.3) is 11.1 Å². The zero-order chi connectivity index (χ0) is 23.5. The molecule has 5 nitrogen and oxygen atoms in total. The number of rotatable bonds is 3. The summed E-state index contributed by atoms with van der Waals surface area (Å²) in [5.41, 5.74) is 1.65. The SMILES string of the molecule is Cc1cc(-c2cccc(S(C)(=O)=O)c2)c(Cl)cc1C1C(=O)OC2(CCC3CCCC3C2)C1=O. The first kappa shape index (κ1) is 22.6. The van der Waals surface area contributed by atoms with Gasteiger partial charge in [-0.3, -0.25) is 9.59 Å². The first-order chi connectivity index (χ1) is 15.6. The van der Waals surface area contributed by atoms with Crippen molar-refractivity contribution in [3.63, 3.8) is 0 Å². The first-order valence-electron chi connectivity index (χ1n) is 11.5. The molecule has 1 saturated heterocycles. The minimum Gasteiger partial charge on any atom is -0.450 e. The number of hydrogen-bond donors (Lipinski definition) is 0. The maximum atomic E-state index is 13.6. The number of sulfone groups is 1. The van der Waals surface area contributed by atoms with Gasteiger partial charge in [-0.15, -0.1) is 0 Å². The molecule has 4 unspecified atom stereocenters. The molecule has 2 aromatic rings. The molecular formula is C26H27ClO5S. The van der Waals surface area contributed by atoms with E-state index in [4.69, 9.17) is 16.3 Å². The van der Waals surface area contributed by atoms with Gasteiger partial charge < -0.3 is 4.74 Å². The molecule has 1 spiro atoms. The predicted molar refractivity (Wildman–Crippen MR) is 126 cm³/mol. The van der Waals surface area contributed by atoms with Crippen LogP contribution < -0.4 is 0 Å². The molecule has 0 aromatic heterocycles. The largest absolute Gasteiger partial charge is 0.450 e. The molecule has 1 heterocycles. The highest BCUT2D eigenvalue weighted by atomic mass is 35.5. The molecule has 2 aromatic carbocycles. The lowest BCUT2D eigenvalue weighted by atomic mass is 9.70. The lowest BCUT2D eigenvalue weighted by Crippen LogP contribution is -2.43. The number of Topliss-reactive ketones (excluding diaryl/α,β-unsaturated/α-hetero) is 1. The maximum absolute atomic E-state index is 13.6. The molecule has 0 N–H and O–H groups in total. The topological polar surface area (TPSA) is 77.5 Å². The van der Waals surface area contributed by atoms with Crippen LogP contribution in [0.4, 0.5) is 0 Å². The van der Waals surface area contributed by atoms with E-state index in [1.54, 1.807) is 30.3 Å². The fourth-order valence-corrected chi connectivity index (χ4v) is 7.03. The van der Waals surface area contributed by atoms with E-state index >= 15 is 0 Å². The van der Waals surface area contributed by atoms with E-state index in [2.05, 4.69) is 0 Å². The van der Waals surface area contributed by atoms with Crippen molar-refractivity contribution < 1.29 is 22.7 Å². The van der Waals surface area contributed by atoms with E-state index in [1.165, 1.54) is 12.8 Å². The number of benzene rings is 2. The molecule has 0 amide bonds. The van der Waals surface area contributed by atoms with Crippen LogP contribution in [0.15, 0.2) is 41.3 Å². The maximum Gasteiger partial charge on any atom is 0.322 e. The van der Waals surface area contributed by atoms with E-state index in [1.807, 2.05) is 13.0 Å². The quantitative estimate of drug-likeness (QED) is 0.436. The number of fused-ring (bicyclic) bond motifs is 1. The fourth-order valence-electron chi connectivity index (χ4n) is 6.09. The second-order valence-electron chi connectivity index (χ2n) is 9.90. The van der Waals surface area contributed by atoms with Crippen LogP contribution in [0.2, 0.25) is 5.02 Å². The van der Waals surface area contributed by atoms with Crippen LogP contribution in [0.3, 0.4) is 0 Å². The van der Waals surface area contributed by atoms with Gasteiger partial charge in [-0.2, -0.15) is 0 Å². The predicted octanol–water partition coefficient (Wildman–Crippen LogP) is 5.27. The highest BCUT2D eigenvalue weighted by Gasteiger charge is 2.59. The molecule has 174 valence electrons.